The molecular weight excluding hydrogens is 116 g/mol. The molecule has 0 aliphatic carbocycles. The van der Waals surface area contributed by atoms with Gasteiger partial charge in [0.05, 0.1) is 0 Å². The Balaban J connectivity index is 2.53. The van der Waals surface area contributed by atoms with Gasteiger partial charge in [-0.3, -0.25) is 0 Å². The molecule has 0 saturated heterocycles. The van der Waals surface area contributed by atoms with Gasteiger partial charge in [-0.25, -0.2) is 0 Å². The molecule has 2 nitrogen and oxygen atoms in total. The monoisotopic (exact) mass is 132 g/mol. The molecule has 8 heavy (non-hydrogen) atoms. The van der Waals surface area contributed by atoms with Crippen LogP contribution < -0.4 is 11.5 Å². The van der Waals surface area contributed by atoms with Crippen LogP contribution in [0.25, 0.3) is 0 Å². The van der Waals surface area contributed by atoms with Crippen molar-refractivity contribution in [3.8, 4) is 0 Å². The smallest absolute Gasteiger partial charge is 0.0213 e. The Morgan fingerprint density at radius 2 is 1.75 bits per heavy atom. The van der Waals surface area contributed by atoms with Gasteiger partial charge in [0.2, 0.25) is 0 Å². The van der Waals surface area contributed by atoms with Gasteiger partial charge in [0.25, 0.3) is 0 Å². The van der Waals surface area contributed by atoms with E-state index in [2.05, 4.69) is 0 Å². The molecule has 0 aliphatic rings. The zero-order chi connectivity index (χ0) is 6.24. The Kier molecular flexibility index (Phi) is 7.26. The second-order valence-corrected chi connectivity index (χ2v) is 4.11. The summed E-state index contributed by atoms with van der Waals surface area (Å²) in [5.74, 6) is 0. The van der Waals surface area contributed by atoms with Crippen LogP contribution in [0.5, 0.6) is 0 Å². The molecule has 0 fully saturated rings. The highest BCUT2D eigenvalue weighted by Gasteiger charge is 1.84. The second kappa shape index (κ2) is 7.14. The highest BCUT2D eigenvalue weighted by atomic mass is 28.2. The summed E-state index contributed by atoms with van der Waals surface area (Å²) < 4.78 is 0. The number of rotatable bonds is 5. The van der Waals surface area contributed by atoms with Gasteiger partial charge in [-0.1, -0.05) is 12.1 Å². The third-order valence-corrected chi connectivity index (χ3v) is 3.07. The molecule has 4 N–H and O–H groups in total. The summed E-state index contributed by atoms with van der Waals surface area (Å²) in [6.07, 6.45) is 1.21. The minimum Gasteiger partial charge on any atom is -0.331 e. The molecule has 0 amide bonds. The zero-order valence-corrected chi connectivity index (χ0v) is 6.81. The minimum absolute atomic E-state index is 0.195. The summed E-state index contributed by atoms with van der Waals surface area (Å²) in [5.41, 5.74) is 10.6. The maximum Gasteiger partial charge on any atom is 0.0213 e. The van der Waals surface area contributed by atoms with E-state index in [9.17, 15) is 0 Å². The molecule has 0 rings (SSSR count). The number of hydrogen-bond donors (Lipinski definition) is 2. The van der Waals surface area contributed by atoms with Gasteiger partial charge in [-0.2, -0.15) is 0 Å². The Hall–Kier alpha value is 0.137. The third kappa shape index (κ3) is 6.14. The third-order valence-electron chi connectivity index (χ3n) is 1.16. The Bertz CT molecular complexity index is 35.4. The van der Waals surface area contributed by atoms with Crippen LogP contribution >= 0.6 is 0 Å². The topological polar surface area (TPSA) is 52.0 Å². The minimum atomic E-state index is 0.195. The van der Waals surface area contributed by atoms with Crippen molar-refractivity contribution in [3.05, 3.63) is 0 Å². The van der Waals surface area contributed by atoms with E-state index in [1.54, 1.807) is 0 Å². The molecule has 0 bridgehead atoms. The molecule has 0 atom stereocenters. The molecule has 0 saturated carbocycles. The van der Waals surface area contributed by atoms with Gasteiger partial charge in [-0.15, -0.1) is 0 Å². The second-order valence-electron chi connectivity index (χ2n) is 1.99. The molecule has 0 spiro atoms. The fraction of sp³-hybridized carbons (Fsp3) is 1.00. The van der Waals surface area contributed by atoms with E-state index in [0.29, 0.717) is 0 Å². The van der Waals surface area contributed by atoms with Crippen molar-refractivity contribution < 1.29 is 0 Å². The average molecular weight is 132 g/mol. The first-order valence-corrected chi connectivity index (χ1v) is 5.32. The highest BCUT2D eigenvalue weighted by molar-refractivity contribution is 6.35. The van der Waals surface area contributed by atoms with Gasteiger partial charge in [0.15, 0.2) is 0 Å². The highest BCUT2D eigenvalue weighted by Crippen LogP contribution is 1.87. The fourth-order valence-electron chi connectivity index (χ4n) is 0.642. The number of nitrogens with two attached hydrogens (primary N) is 2. The average Bonchev–Trinajstić information content (AvgIpc) is 1.81. The van der Waals surface area contributed by atoms with Crippen LogP contribution in [0, 0.1) is 0 Å². The molecule has 0 aromatic carbocycles. The van der Waals surface area contributed by atoms with Crippen LogP contribution in [0.3, 0.4) is 0 Å². The first kappa shape index (κ1) is 8.14. The van der Waals surface area contributed by atoms with Crippen LogP contribution in [0.4, 0.5) is 0 Å². The van der Waals surface area contributed by atoms with Crippen LogP contribution in [-0.2, 0) is 0 Å². The molecular formula is C5H16N2Si. The first-order valence-electron chi connectivity index (χ1n) is 3.32. The molecule has 50 valence electrons. The van der Waals surface area contributed by atoms with Gasteiger partial charge < -0.3 is 11.5 Å². The molecule has 0 unspecified atom stereocenters. The Morgan fingerprint density at radius 3 is 2.25 bits per heavy atom. The molecule has 0 aliphatic heterocycles. The summed E-state index contributed by atoms with van der Waals surface area (Å²) >= 11 is 0. The van der Waals surface area contributed by atoms with E-state index in [4.69, 9.17) is 11.5 Å². The predicted octanol–water partition coefficient (Wildman–Crippen LogP) is -0.701. The van der Waals surface area contributed by atoms with Crippen LogP contribution in [0.1, 0.15) is 6.42 Å². The lowest BCUT2D eigenvalue weighted by molar-refractivity contribution is 0.920. The van der Waals surface area contributed by atoms with Crippen molar-refractivity contribution in [1.82, 2.24) is 0 Å². The SMILES string of the molecule is NCCC[SiH2]CCN. The summed E-state index contributed by atoms with van der Waals surface area (Å²) in [6.45, 7) is 1.74. The van der Waals surface area contributed by atoms with Crippen molar-refractivity contribution in [3.63, 3.8) is 0 Å². The summed E-state index contributed by atoms with van der Waals surface area (Å²) in [5, 5.41) is 0. The van der Waals surface area contributed by atoms with Gasteiger partial charge in [0.1, 0.15) is 0 Å². The van der Waals surface area contributed by atoms with E-state index >= 15 is 0 Å². The lowest BCUT2D eigenvalue weighted by Crippen LogP contribution is -2.05. The van der Waals surface area contributed by atoms with Crippen LogP contribution in [-0.4, -0.2) is 22.6 Å². The van der Waals surface area contributed by atoms with Crippen LogP contribution in [0.15, 0.2) is 0 Å². The van der Waals surface area contributed by atoms with Gasteiger partial charge in [0, 0.05) is 9.52 Å². The van der Waals surface area contributed by atoms with E-state index in [1.807, 2.05) is 0 Å². The lowest BCUT2D eigenvalue weighted by atomic mass is 10.5. The maximum atomic E-state index is 5.31. The van der Waals surface area contributed by atoms with Gasteiger partial charge >= 0.3 is 0 Å². The van der Waals surface area contributed by atoms with E-state index < -0.39 is 0 Å². The van der Waals surface area contributed by atoms with E-state index in [-0.39, 0.29) is 9.52 Å². The van der Waals surface area contributed by atoms with E-state index in [0.717, 1.165) is 13.1 Å². The molecule has 0 aromatic rings. The molecule has 0 heterocycles. The van der Waals surface area contributed by atoms with Crippen LogP contribution in [0.2, 0.25) is 12.1 Å². The molecule has 0 radical (unpaired) electrons. The lowest BCUT2D eigenvalue weighted by Gasteiger charge is -1.93. The Morgan fingerprint density at radius 1 is 1.00 bits per heavy atom. The fourth-order valence-corrected chi connectivity index (χ4v) is 1.93. The molecule has 0 aromatic heterocycles. The van der Waals surface area contributed by atoms with Gasteiger partial charge in [-0.05, 0) is 19.5 Å². The number of hydrogen-bond acceptors (Lipinski definition) is 2. The van der Waals surface area contributed by atoms with Crippen molar-refractivity contribution in [2.75, 3.05) is 13.1 Å². The normalized spacial score (nSPS) is 11.2. The summed E-state index contributed by atoms with van der Waals surface area (Å²) in [4.78, 5) is 0. The van der Waals surface area contributed by atoms with Crippen molar-refractivity contribution >= 4 is 9.52 Å². The quantitative estimate of drug-likeness (QED) is 0.384. The van der Waals surface area contributed by atoms with Crippen molar-refractivity contribution in [1.29, 1.82) is 0 Å². The zero-order valence-electron chi connectivity index (χ0n) is 5.40. The predicted molar refractivity (Wildman–Crippen MR) is 40.9 cm³/mol. The van der Waals surface area contributed by atoms with E-state index in [1.165, 1.54) is 18.5 Å². The Labute approximate surface area is 53.5 Å². The maximum absolute atomic E-state index is 5.31. The summed E-state index contributed by atoms with van der Waals surface area (Å²) in [6, 6.07) is 2.67. The van der Waals surface area contributed by atoms with Crippen molar-refractivity contribution in [2.45, 2.75) is 18.5 Å². The largest absolute Gasteiger partial charge is 0.331 e. The molecule has 3 heteroatoms. The summed E-state index contributed by atoms with van der Waals surface area (Å²) in [7, 11) is 0.195. The standard InChI is InChI=1S/C5H16N2Si/c6-2-1-4-8-5-3-7/h1-8H2. The van der Waals surface area contributed by atoms with Crippen molar-refractivity contribution in [2.24, 2.45) is 11.5 Å². The first-order chi connectivity index (χ1) is 3.91.